The first-order valence-electron chi connectivity index (χ1n) is 18.9. The summed E-state index contributed by atoms with van der Waals surface area (Å²) >= 11 is 0. The van der Waals surface area contributed by atoms with Crippen LogP contribution in [0, 0.1) is 0 Å². The topological polar surface area (TPSA) is 25.8 Å². The van der Waals surface area contributed by atoms with Gasteiger partial charge in [0.05, 0.1) is 11.4 Å². The van der Waals surface area contributed by atoms with Crippen LogP contribution < -0.4 is 0 Å². The van der Waals surface area contributed by atoms with Crippen LogP contribution in [0.3, 0.4) is 0 Å². The Labute approximate surface area is 317 Å². The number of benzene rings is 7. The van der Waals surface area contributed by atoms with E-state index in [1.807, 2.05) is 24.3 Å². The molecule has 2 aliphatic rings. The summed E-state index contributed by atoms with van der Waals surface area (Å²) in [6.45, 7) is 9.42. The highest BCUT2D eigenvalue weighted by atomic mass is 14.9. The summed E-state index contributed by atoms with van der Waals surface area (Å²) in [7, 11) is 0. The zero-order valence-electron chi connectivity index (χ0n) is 31.1. The molecule has 2 nitrogen and oxygen atoms in total. The molecule has 0 atom stereocenters. The van der Waals surface area contributed by atoms with Crippen LogP contribution in [-0.2, 0) is 10.8 Å². The smallest absolute Gasteiger partial charge is 0.160 e. The molecule has 0 radical (unpaired) electrons. The van der Waals surface area contributed by atoms with E-state index in [0.29, 0.717) is 0 Å². The van der Waals surface area contributed by atoms with Gasteiger partial charge in [0.15, 0.2) is 5.82 Å². The van der Waals surface area contributed by atoms with Crippen LogP contribution in [0.1, 0.15) is 49.9 Å². The van der Waals surface area contributed by atoms with Gasteiger partial charge in [0, 0.05) is 27.5 Å². The van der Waals surface area contributed by atoms with Crippen molar-refractivity contribution in [3.8, 4) is 78.4 Å². The molecule has 10 rings (SSSR count). The normalized spacial score (nSPS) is 14.2. The van der Waals surface area contributed by atoms with Gasteiger partial charge in [0.25, 0.3) is 0 Å². The summed E-state index contributed by atoms with van der Waals surface area (Å²) in [5.74, 6) is 0.732. The van der Waals surface area contributed by atoms with Crippen LogP contribution in [-0.4, -0.2) is 9.97 Å². The number of nitrogens with zero attached hydrogens (tertiary/aromatic N) is 2. The van der Waals surface area contributed by atoms with Gasteiger partial charge in [-0.2, -0.15) is 0 Å². The van der Waals surface area contributed by atoms with Gasteiger partial charge in [0.1, 0.15) is 0 Å². The average Bonchev–Trinajstić information content (AvgIpc) is 3.60. The average molecular weight is 693 g/mol. The molecular weight excluding hydrogens is 653 g/mol. The predicted octanol–water partition coefficient (Wildman–Crippen LogP) is 13.4. The van der Waals surface area contributed by atoms with Gasteiger partial charge in [-0.1, -0.05) is 167 Å². The van der Waals surface area contributed by atoms with Crippen LogP contribution in [0.5, 0.6) is 0 Å². The van der Waals surface area contributed by atoms with Crippen LogP contribution in [0.2, 0.25) is 0 Å². The Morgan fingerprint density at radius 3 is 1.30 bits per heavy atom. The minimum absolute atomic E-state index is 0.0260. The molecule has 0 spiro atoms. The van der Waals surface area contributed by atoms with Crippen molar-refractivity contribution in [2.45, 2.75) is 38.5 Å². The Hall–Kier alpha value is -6.38. The second kappa shape index (κ2) is 12.1. The Morgan fingerprint density at radius 2 is 0.704 bits per heavy atom. The standard InChI is InChI=1S/C52H40N2/c1-51(2)44-21-12-11-20-40(44)41-25-22-37(29-45(41)51)35-18-13-19-36(28-35)38-23-26-42-43-27-24-39(31-47(43)52(3,4)46(42)30-38)49-32-48(33-14-7-5-8-15-33)53-50(54-49)34-16-9-6-10-17-34/h5-32H,1-4H3. The van der Waals surface area contributed by atoms with Gasteiger partial charge in [-0.05, 0) is 97.1 Å². The molecule has 0 saturated carbocycles. The van der Waals surface area contributed by atoms with Gasteiger partial charge in [0.2, 0.25) is 0 Å². The third kappa shape index (κ3) is 5.09. The third-order valence-corrected chi connectivity index (χ3v) is 11.9. The highest BCUT2D eigenvalue weighted by Gasteiger charge is 2.37. The van der Waals surface area contributed by atoms with Crippen molar-refractivity contribution in [1.29, 1.82) is 0 Å². The van der Waals surface area contributed by atoms with Crippen molar-refractivity contribution < 1.29 is 0 Å². The van der Waals surface area contributed by atoms with E-state index in [1.54, 1.807) is 0 Å². The molecule has 0 amide bonds. The van der Waals surface area contributed by atoms with Crippen LogP contribution >= 0.6 is 0 Å². The van der Waals surface area contributed by atoms with Crippen LogP contribution in [0.25, 0.3) is 78.4 Å². The van der Waals surface area contributed by atoms with Gasteiger partial charge in [-0.3, -0.25) is 0 Å². The molecule has 1 heterocycles. The summed E-state index contributed by atoms with van der Waals surface area (Å²) in [4.78, 5) is 10.2. The summed E-state index contributed by atoms with van der Waals surface area (Å²) in [6, 6.07) is 61.6. The third-order valence-electron chi connectivity index (χ3n) is 11.9. The van der Waals surface area contributed by atoms with Gasteiger partial charge in [-0.25, -0.2) is 9.97 Å². The molecule has 0 unspecified atom stereocenters. The Morgan fingerprint density at radius 1 is 0.296 bits per heavy atom. The van der Waals surface area contributed by atoms with Crippen molar-refractivity contribution in [3.63, 3.8) is 0 Å². The first kappa shape index (κ1) is 32.3. The van der Waals surface area contributed by atoms with Crippen molar-refractivity contribution in [3.05, 3.63) is 192 Å². The zero-order valence-corrected chi connectivity index (χ0v) is 31.1. The molecule has 7 aromatic carbocycles. The number of hydrogen-bond donors (Lipinski definition) is 0. The maximum atomic E-state index is 5.14. The molecule has 0 fully saturated rings. The molecular formula is C52H40N2. The van der Waals surface area contributed by atoms with Crippen molar-refractivity contribution in [1.82, 2.24) is 9.97 Å². The van der Waals surface area contributed by atoms with Crippen LogP contribution in [0.15, 0.2) is 170 Å². The highest BCUT2D eigenvalue weighted by molar-refractivity contribution is 5.88. The minimum Gasteiger partial charge on any atom is -0.228 e. The molecule has 1 aromatic heterocycles. The van der Waals surface area contributed by atoms with Crippen molar-refractivity contribution in [2.75, 3.05) is 0 Å². The molecule has 0 aliphatic heterocycles. The van der Waals surface area contributed by atoms with Crippen molar-refractivity contribution in [2.24, 2.45) is 0 Å². The number of fused-ring (bicyclic) bond motifs is 6. The summed E-state index contributed by atoms with van der Waals surface area (Å²) < 4.78 is 0. The first-order chi connectivity index (χ1) is 26.3. The van der Waals surface area contributed by atoms with Gasteiger partial charge in [-0.15, -0.1) is 0 Å². The summed E-state index contributed by atoms with van der Waals surface area (Å²) in [6.07, 6.45) is 0. The second-order valence-corrected chi connectivity index (χ2v) is 15.9. The van der Waals surface area contributed by atoms with E-state index >= 15 is 0 Å². The molecule has 258 valence electrons. The Bertz CT molecular complexity index is 2700. The second-order valence-electron chi connectivity index (χ2n) is 15.9. The predicted molar refractivity (Wildman–Crippen MR) is 224 cm³/mol. The quantitative estimate of drug-likeness (QED) is 0.179. The zero-order chi connectivity index (χ0) is 36.6. The molecule has 54 heavy (non-hydrogen) atoms. The molecule has 8 aromatic rings. The number of aromatic nitrogens is 2. The van der Waals surface area contributed by atoms with E-state index in [9.17, 15) is 0 Å². The lowest BCUT2D eigenvalue weighted by Crippen LogP contribution is -2.15. The largest absolute Gasteiger partial charge is 0.228 e. The van der Waals surface area contributed by atoms with E-state index in [-0.39, 0.29) is 10.8 Å². The Kier molecular flexibility index (Phi) is 7.22. The van der Waals surface area contributed by atoms with Gasteiger partial charge < -0.3 is 0 Å². The van der Waals surface area contributed by atoms with E-state index in [4.69, 9.17) is 9.97 Å². The lowest BCUT2D eigenvalue weighted by Gasteiger charge is -2.23. The maximum Gasteiger partial charge on any atom is 0.160 e. The van der Waals surface area contributed by atoms with E-state index in [0.717, 1.165) is 33.9 Å². The van der Waals surface area contributed by atoms with Crippen molar-refractivity contribution >= 4 is 0 Å². The van der Waals surface area contributed by atoms with Crippen LogP contribution in [0.4, 0.5) is 0 Å². The van der Waals surface area contributed by atoms with Gasteiger partial charge >= 0.3 is 0 Å². The monoisotopic (exact) mass is 692 g/mol. The lowest BCUT2D eigenvalue weighted by atomic mass is 9.80. The van der Waals surface area contributed by atoms with E-state index in [1.165, 1.54) is 66.8 Å². The highest BCUT2D eigenvalue weighted by Crippen LogP contribution is 2.52. The molecule has 0 bridgehead atoms. The van der Waals surface area contributed by atoms with E-state index < -0.39 is 0 Å². The lowest BCUT2D eigenvalue weighted by molar-refractivity contribution is 0.660. The molecule has 2 heteroatoms. The maximum absolute atomic E-state index is 5.14. The molecule has 0 N–H and O–H groups in total. The molecule has 2 aliphatic carbocycles. The summed E-state index contributed by atoms with van der Waals surface area (Å²) in [5.41, 5.74) is 20.6. The first-order valence-corrected chi connectivity index (χ1v) is 18.9. The fourth-order valence-corrected chi connectivity index (χ4v) is 8.91. The molecule has 0 saturated heterocycles. The SMILES string of the molecule is CC1(C)c2ccccc2-c2ccc(-c3cccc(-c4ccc5c(c4)C(C)(C)c4cc(-c6cc(-c7ccccc7)nc(-c7ccccc7)n6)ccc4-5)c3)cc21. The summed E-state index contributed by atoms with van der Waals surface area (Å²) in [5, 5.41) is 0. The van der Waals surface area contributed by atoms with E-state index in [2.05, 4.69) is 173 Å². The number of hydrogen-bond acceptors (Lipinski definition) is 2. The fraction of sp³-hybridized carbons (Fsp3) is 0.115. The Balaban J connectivity index is 1.01. The fourth-order valence-electron chi connectivity index (χ4n) is 8.91. The minimum atomic E-state index is -0.188. The number of rotatable bonds is 5.